The fraction of sp³-hybridized carbons (Fsp3) is 0.684. The molecule has 1 aliphatic heterocycles. The van der Waals surface area contributed by atoms with E-state index < -0.39 is 0 Å². The first-order chi connectivity index (χ1) is 10.1. The van der Waals surface area contributed by atoms with Crippen molar-refractivity contribution < 1.29 is 0 Å². The smallest absolute Gasteiger partial charge is 0.0343 e. The summed E-state index contributed by atoms with van der Waals surface area (Å²) in [6.07, 6.45) is 3.79. The number of hydrogen-bond donors (Lipinski definition) is 1. The second kappa shape index (κ2) is 7.95. The highest BCUT2D eigenvalue weighted by atomic mass is 15.1. The molecule has 1 saturated heterocycles. The Bertz CT molecular complexity index is 402. The molecule has 2 heteroatoms. The molecule has 1 unspecified atom stereocenters. The Morgan fingerprint density at radius 2 is 1.76 bits per heavy atom. The summed E-state index contributed by atoms with van der Waals surface area (Å²) >= 11 is 0. The van der Waals surface area contributed by atoms with Gasteiger partial charge in [-0.1, -0.05) is 45.0 Å². The van der Waals surface area contributed by atoms with E-state index in [0.29, 0.717) is 12.0 Å². The second-order valence-electron chi connectivity index (χ2n) is 6.97. The zero-order valence-corrected chi connectivity index (χ0v) is 14.2. The molecule has 1 aliphatic rings. The highest BCUT2D eigenvalue weighted by Gasteiger charge is 2.20. The van der Waals surface area contributed by atoms with E-state index in [1.807, 2.05) is 0 Å². The number of likely N-dealkylation sites (tertiary alicyclic amines) is 1. The van der Waals surface area contributed by atoms with Crippen LogP contribution < -0.4 is 5.32 Å². The fourth-order valence-electron chi connectivity index (χ4n) is 3.26. The number of rotatable bonds is 6. The van der Waals surface area contributed by atoms with Gasteiger partial charge in [-0.15, -0.1) is 0 Å². The Kier molecular flexibility index (Phi) is 6.25. The Balaban J connectivity index is 1.92. The van der Waals surface area contributed by atoms with Gasteiger partial charge >= 0.3 is 0 Å². The summed E-state index contributed by atoms with van der Waals surface area (Å²) in [5.74, 6) is 1.47. The average Bonchev–Trinajstić information content (AvgIpc) is 2.49. The Morgan fingerprint density at radius 3 is 2.29 bits per heavy atom. The van der Waals surface area contributed by atoms with Gasteiger partial charge in [-0.3, -0.25) is 0 Å². The predicted molar refractivity (Wildman–Crippen MR) is 91.6 cm³/mol. The lowest BCUT2D eigenvalue weighted by molar-refractivity contribution is 0.209. The lowest BCUT2D eigenvalue weighted by Gasteiger charge is -2.31. The maximum absolute atomic E-state index is 3.84. The van der Waals surface area contributed by atoms with Gasteiger partial charge in [0.05, 0.1) is 0 Å². The first kappa shape index (κ1) is 16.5. The highest BCUT2D eigenvalue weighted by Crippen LogP contribution is 2.24. The minimum Gasteiger partial charge on any atom is -0.309 e. The van der Waals surface area contributed by atoms with Gasteiger partial charge in [-0.05, 0) is 68.9 Å². The van der Waals surface area contributed by atoms with E-state index in [-0.39, 0.29) is 0 Å². The largest absolute Gasteiger partial charge is 0.309 e. The van der Waals surface area contributed by atoms with E-state index >= 15 is 0 Å². The van der Waals surface area contributed by atoms with Gasteiger partial charge in [-0.25, -0.2) is 0 Å². The molecule has 21 heavy (non-hydrogen) atoms. The minimum absolute atomic E-state index is 0.482. The molecule has 1 atom stereocenters. The van der Waals surface area contributed by atoms with Crippen molar-refractivity contribution in [1.29, 1.82) is 0 Å². The molecular formula is C19H32N2. The van der Waals surface area contributed by atoms with Crippen LogP contribution in [0.1, 0.15) is 50.8 Å². The van der Waals surface area contributed by atoms with E-state index in [4.69, 9.17) is 0 Å². The van der Waals surface area contributed by atoms with Crippen LogP contribution in [0.3, 0.4) is 0 Å². The maximum atomic E-state index is 3.84. The summed E-state index contributed by atoms with van der Waals surface area (Å²) in [7, 11) is 2.23. The molecule has 0 radical (unpaired) electrons. The Morgan fingerprint density at radius 1 is 1.14 bits per heavy atom. The summed E-state index contributed by atoms with van der Waals surface area (Å²) < 4.78 is 0. The third kappa shape index (κ3) is 4.82. The maximum Gasteiger partial charge on any atom is 0.0343 e. The monoisotopic (exact) mass is 288 g/mol. The highest BCUT2D eigenvalue weighted by molar-refractivity contribution is 5.25. The van der Waals surface area contributed by atoms with Crippen LogP contribution in [-0.4, -0.2) is 31.6 Å². The van der Waals surface area contributed by atoms with Crippen molar-refractivity contribution in [3.8, 4) is 0 Å². The van der Waals surface area contributed by atoms with E-state index in [1.165, 1.54) is 37.1 Å². The van der Waals surface area contributed by atoms with Gasteiger partial charge in [0, 0.05) is 6.04 Å². The van der Waals surface area contributed by atoms with Crippen LogP contribution in [0.2, 0.25) is 0 Å². The zero-order valence-electron chi connectivity index (χ0n) is 14.2. The van der Waals surface area contributed by atoms with Gasteiger partial charge in [0.1, 0.15) is 0 Å². The van der Waals surface area contributed by atoms with Crippen LogP contribution in [0.4, 0.5) is 0 Å². The molecule has 0 saturated carbocycles. The van der Waals surface area contributed by atoms with Gasteiger partial charge in [0.15, 0.2) is 0 Å². The van der Waals surface area contributed by atoms with Gasteiger partial charge in [0.2, 0.25) is 0 Å². The standard InChI is InChI=1S/C19H32N2/c1-5-16-6-8-18(9-7-16)19(15(2)3)20-14-17-10-12-21(4)13-11-17/h6-9,15,17,19-20H,5,10-14H2,1-4H3. The number of nitrogens with one attached hydrogen (secondary N) is 1. The van der Waals surface area contributed by atoms with E-state index in [9.17, 15) is 0 Å². The van der Waals surface area contributed by atoms with Crippen molar-refractivity contribution in [2.24, 2.45) is 11.8 Å². The minimum atomic E-state index is 0.482. The van der Waals surface area contributed by atoms with Crippen LogP contribution in [-0.2, 0) is 6.42 Å². The number of benzene rings is 1. The number of aryl methyl sites for hydroxylation is 1. The van der Waals surface area contributed by atoms with Crippen molar-refractivity contribution in [3.63, 3.8) is 0 Å². The Labute approximate surface area is 130 Å². The van der Waals surface area contributed by atoms with E-state index in [1.54, 1.807) is 0 Å². The molecule has 118 valence electrons. The van der Waals surface area contributed by atoms with Crippen molar-refractivity contribution in [1.82, 2.24) is 10.2 Å². The molecule has 1 fully saturated rings. The molecule has 0 bridgehead atoms. The van der Waals surface area contributed by atoms with E-state index in [2.05, 4.69) is 62.3 Å². The first-order valence-corrected chi connectivity index (χ1v) is 8.61. The summed E-state index contributed by atoms with van der Waals surface area (Å²) in [5, 5.41) is 3.84. The molecule has 1 heterocycles. The number of hydrogen-bond acceptors (Lipinski definition) is 2. The van der Waals surface area contributed by atoms with Crippen LogP contribution in [0.25, 0.3) is 0 Å². The number of piperidine rings is 1. The molecule has 2 rings (SSSR count). The third-order valence-corrected chi connectivity index (χ3v) is 4.88. The van der Waals surface area contributed by atoms with Crippen molar-refractivity contribution in [2.45, 2.75) is 46.1 Å². The van der Waals surface area contributed by atoms with Crippen LogP contribution in [0.5, 0.6) is 0 Å². The zero-order chi connectivity index (χ0) is 15.2. The SMILES string of the molecule is CCc1ccc(C(NCC2CCN(C)CC2)C(C)C)cc1. The summed E-state index contributed by atoms with van der Waals surface area (Å²) in [4.78, 5) is 2.44. The average molecular weight is 288 g/mol. The van der Waals surface area contributed by atoms with Crippen LogP contribution in [0, 0.1) is 11.8 Å². The molecule has 1 aromatic rings. The lowest BCUT2D eigenvalue weighted by Crippen LogP contribution is -2.37. The molecule has 0 aliphatic carbocycles. The van der Waals surface area contributed by atoms with Gasteiger partial charge in [-0.2, -0.15) is 0 Å². The Hall–Kier alpha value is -0.860. The fourth-order valence-corrected chi connectivity index (χ4v) is 3.26. The van der Waals surface area contributed by atoms with Gasteiger partial charge in [0.25, 0.3) is 0 Å². The summed E-state index contributed by atoms with van der Waals surface area (Å²) in [6.45, 7) is 10.5. The second-order valence-corrected chi connectivity index (χ2v) is 6.97. The molecule has 1 N–H and O–H groups in total. The summed E-state index contributed by atoms with van der Waals surface area (Å²) in [5.41, 5.74) is 2.87. The third-order valence-electron chi connectivity index (χ3n) is 4.88. The van der Waals surface area contributed by atoms with Crippen LogP contribution >= 0.6 is 0 Å². The van der Waals surface area contributed by atoms with Crippen molar-refractivity contribution >= 4 is 0 Å². The molecule has 1 aromatic carbocycles. The number of nitrogens with zero attached hydrogens (tertiary/aromatic N) is 1. The first-order valence-electron chi connectivity index (χ1n) is 8.61. The van der Waals surface area contributed by atoms with Crippen molar-refractivity contribution in [2.75, 3.05) is 26.7 Å². The topological polar surface area (TPSA) is 15.3 Å². The lowest BCUT2D eigenvalue weighted by atomic mass is 9.92. The van der Waals surface area contributed by atoms with E-state index in [0.717, 1.165) is 18.9 Å². The van der Waals surface area contributed by atoms with Crippen LogP contribution in [0.15, 0.2) is 24.3 Å². The summed E-state index contributed by atoms with van der Waals surface area (Å²) in [6, 6.07) is 9.66. The molecule has 0 amide bonds. The van der Waals surface area contributed by atoms with Crippen molar-refractivity contribution in [3.05, 3.63) is 35.4 Å². The quantitative estimate of drug-likeness (QED) is 0.854. The predicted octanol–water partition coefficient (Wildman–Crippen LogP) is 3.88. The molecular weight excluding hydrogens is 256 g/mol. The molecule has 2 nitrogen and oxygen atoms in total. The molecule has 0 aromatic heterocycles. The normalized spacial score (nSPS) is 19.1. The van der Waals surface area contributed by atoms with Gasteiger partial charge < -0.3 is 10.2 Å². The molecule has 0 spiro atoms.